The number of carbonyl (C=O) groups excluding carboxylic acids is 1. The Hall–Kier alpha value is -3.72. The van der Waals surface area contributed by atoms with Gasteiger partial charge in [-0.25, -0.2) is 4.98 Å². The second-order valence-corrected chi connectivity index (χ2v) is 8.29. The standard InChI is InChI=1S/C24H24FN5O3/c1-14-11-17-16-5-10-33-21(16)24(32)28-19(17)12-15(14)13-29-6-8-30(9-7-29)20-4-3-18(23(31)26-2)27-22(20)25/h3-5,10-12H,6-9,13H2,1-2H3,(H,26,31)(H,28,32). The maximum Gasteiger partial charge on any atom is 0.292 e. The van der Waals surface area contributed by atoms with E-state index in [-0.39, 0.29) is 11.3 Å². The van der Waals surface area contributed by atoms with Gasteiger partial charge in [0.05, 0.1) is 12.0 Å². The Labute approximate surface area is 189 Å². The van der Waals surface area contributed by atoms with Crippen molar-refractivity contribution in [3.05, 3.63) is 69.7 Å². The lowest BCUT2D eigenvalue weighted by Crippen LogP contribution is -2.46. The first-order valence-electron chi connectivity index (χ1n) is 10.8. The summed E-state index contributed by atoms with van der Waals surface area (Å²) in [5.41, 5.74) is 3.65. The Morgan fingerprint density at radius 3 is 2.70 bits per heavy atom. The van der Waals surface area contributed by atoms with Crippen molar-refractivity contribution in [3.63, 3.8) is 0 Å². The van der Waals surface area contributed by atoms with Crippen molar-refractivity contribution in [1.82, 2.24) is 20.2 Å². The molecule has 1 fully saturated rings. The molecule has 1 aliphatic heterocycles. The number of rotatable bonds is 4. The lowest BCUT2D eigenvalue weighted by Gasteiger charge is -2.36. The number of hydrogen-bond acceptors (Lipinski definition) is 6. The van der Waals surface area contributed by atoms with Crippen LogP contribution < -0.4 is 15.8 Å². The van der Waals surface area contributed by atoms with Gasteiger partial charge in [-0.3, -0.25) is 14.5 Å². The number of aryl methyl sites for hydroxylation is 1. The molecule has 33 heavy (non-hydrogen) atoms. The predicted molar refractivity (Wildman–Crippen MR) is 124 cm³/mol. The molecule has 0 aliphatic carbocycles. The van der Waals surface area contributed by atoms with Gasteiger partial charge in [0, 0.05) is 56.1 Å². The highest BCUT2D eigenvalue weighted by atomic mass is 19.1. The average molecular weight is 449 g/mol. The molecule has 0 unspecified atom stereocenters. The van der Waals surface area contributed by atoms with Crippen molar-refractivity contribution in [2.75, 3.05) is 38.1 Å². The van der Waals surface area contributed by atoms with Crippen molar-refractivity contribution in [1.29, 1.82) is 0 Å². The Morgan fingerprint density at radius 1 is 1.18 bits per heavy atom. The average Bonchev–Trinajstić information content (AvgIpc) is 3.31. The van der Waals surface area contributed by atoms with E-state index >= 15 is 0 Å². The van der Waals surface area contributed by atoms with Gasteiger partial charge in [0.1, 0.15) is 5.69 Å². The second kappa shape index (κ2) is 8.32. The van der Waals surface area contributed by atoms with Gasteiger partial charge in [-0.1, -0.05) is 0 Å². The van der Waals surface area contributed by atoms with E-state index in [9.17, 15) is 14.0 Å². The summed E-state index contributed by atoms with van der Waals surface area (Å²) in [4.78, 5) is 34.9. The van der Waals surface area contributed by atoms with Gasteiger partial charge in [-0.15, -0.1) is 0 Å². The molecular formula is C24H24FN5O3. The van der Waals surface area contributed by atoms with Crippen LogP contribution in [0, 0.1) is 12.9 Å². The van der Waals surface area contributed by atoms with Crippen LogP contribution in [0.3, 0.4) is 0 Å². The fourth-order valence-electron chi connectivity index (χ4n) is 4.43. The smallest absolute Gasteiger partial charge is 0.292 e. The van der Waals surface area contributed by atoms with E-state index in [0.29, 0.717) is 24.4 Å². The molecule has 4 aromatic rings. The maximum absolute atomic E-state index is 14.5. The zero-order valence-electron chi connectivity index (χ0n) is 18.4. The fraction of sp³-hybridized carbons (Fsp3) is 0.292. The van der Waals surface area contributed by atoms with Crippen LogP contribution in [-0.2, 0) is 6.54 Å². The number of nitrogens with one attached hydrogen (secondary N) is 2. The molecule has 4 heterocycles. The minimum absolute atomic E-state index is 0.0647. The van der Waals surface area contributed by atoms with Crippen LogP contribution in [0.15, 0.2) is 45.8 Å². The first kappa shape index (κ1) is 21.1. The SMILES string of the molecule is CNC(=O)c1ccc(N2CCN(Cc3cc4[nH]c(=O)c5occc5c4cc3C)CC2)c(F)n1. The molecule has 9 heteroatoms. The molecule has 1 amide bonds. The molecule has 0 atom stereocenters. The van der Waals surface area contributed by atoms with Crippen LogP contribution in [-0.4, -0.2) is 54.0 Å². The number of furan rings is 1. The molecule has 1 aliphatic rings. The van der Waals surface area contributed by atoms with Crippen LogP contribution >= 0.6 is 0 Å². The van der Waals surface area contributed by atoms with E-state index in [1.54, 1.807) is 12.1 Å². The number of anilines is 1. The number of aromatic amines is 1. The Kier molecular flexibility index (Phi) is 5.33. The van der Waals surface area contributed by atoms with Crippen LogP contribution in [0.5, 0.6) is 0 Å². The van der Waals surface area contributed by atoms with Crippen molar-refractivity contribution < 1.29 is 13.6 Å². The summed E-state index contributed by atoms with van der Waals surface area (Å²) in [7, 11) is 1.49. The number of pyridine rings is 2. The third kappa shape index (κ3) is 3.84. The largest absolute Gasteiger partial charge is 0.459 e. The van der Waals surface area contributed by atoms with Crippen LogP contribution in [0.2, 0.25) is 0 Å². The first-order valence-corrected chi connectivity index (χ1v) is 10.8. The van der Waals surface area contributed by atoms with E-state index in [4.69, 9.17) is 4.42 Å². The number of hydrogen-bond donors (Lipinski definition) is 2. The summed E-state index contributed by atoms with van der Waals surface area (Å²) in [5, 5.41) is 4.23. The minimum atomic E-state index is -0.635. The Balaban J connectivity index is 1.31. The van der Waals surface area contributed by atoms with Crippen LogP contribution in [0.25, 0.3) is 21.9 Å². The minimum Gasteiger partial charge on any atom is -0.459 e. The van der Waals surface area contributed by atoms with E-state index in [1.807, 2.05) is 17.0 Å². The predicted octanol–water partition coefficient (Wildman–Crippen LogP) is 2.80. The number of fused-ring (bicyclic) bond motifs is 3. The monoisotopic (exact) mass is 449 g/mol. The van der Waals surface area contributed by atoms with Gasteiger partial charge in [0.25, 0.3) is 11.5 Å². The molecule has 0 saturated carbocycles. The second-order valence-electron chi connectivity index (χ2n) is 8.29. The number of H-pyrrole nitrogens is 1. The molecule has 1 saturated heterocycles. The molecule has 170 valence electrons. The molecule has 3 aromatic heterocycles. The molecule has 1 aromatic carbocycles. The van der Waals surface area contributed by atoms with Crippen molar-refractivity contribution >= 4 is 33.5 Å². The van der Waals surface area contributed by atoms with E-state index in [2.05, 4.69) is 33.2 Å². The van der Waals surface area contributed by atoms with Gasteiger partial charge in [0.2, 0.25) is 5.95 Å². The van der Waals surface area contributed by atoms with Gasteiger partial charge in [-0.2, -0.15) is 4.39 Å². The lowest BCUT2D eigenvalue weighted by atomic mass is 10.0. The summed E-state index contributed by atoms with van der Waals surface area (Å²) in [6.45, 7) is 5.61. The highest BCUT2D eigenvalue weighted by molar-refractivity contribution is 6.03. The summed E-state index contributed by atoms with van der Waals surface area (Å²) < 4.78 is 19.8. The zero-order chi connectivity index (χ0) is 23.1. The highest BCUT2D eigenvalue weighted by Gasteiger charge is 2.22. The van der Waals surface area contributed by atoms with Crippen LogP contribution in [0.4, 0.5) is 10.1 Å². The number of benzene rings is 1. The molecule has 2 N–H and O–H groups in total. The number of aromatic nitrogens is 2. The molecule has 8 nitrogen and oxygen atoms in total. The Bertz CT molecular complexity index is 1420. The highest BCUT2D eigenvalue weighted by Crippen LogP contribution is 2.26. The number of carbonyl (C=O) groups is 1. The van der Waals surface area contributed by atoms with Gasteiger partial charge in [0.15, 0.2) is 5.58 Å². The topological polar surface area (TPSA) is 94.5 Å². The normalized spacial score (nSPS) is 14.8. The lowest BCUT2D eigenvalue weighted by molar-refractivity contribution is 0.0957. The van der Waals surface area contributed by atoms with E-state index < -0.39 is 11.9 Å². The fourth-order valence-corrected chi connectivity index (χ4v) is 4.43. The van der Waals surface area contributed by atoms with Gasteiger partial charge in [-0.05, 0) is 48.4 Å². The van der Waals surface area contributed by atoms with Gasteiger partial charge >= 0.3 is 0 Å². The molecule has 5 rings (SSSR count). The number of halogens is 1. The summed E-state index contributed by atoms with van der Waals surface area (Å²) in [5.74, 6) is -1.05. The third-order valence-electron chi connectivity index (χ3n) is 6.28. The summed E-state index contributed by atoms with van der Waals surface area (Å²) >= 11 is 0. The first-order chi connectivity index (χ1) is 15.9. The summed E-state index contributed by atoms with van der Waals surface area (Å²) in [6, 6.07) is 9.10. The van der Waals surface area contributed by atoms with Crippen molar-refractivity contribution in [3.8, 4) is 0 Å². The van der Waals surface area contributed by atoms with Gasteiger partial charge < -0.3 is 19.6 Å². The third-order valence-corrected chi connectivity index (χ3v) is 6.28. The van der Waals surface area contributed by atoms with E-state index in [1.165, 1.54) is 13.3 Å². The van der Waals surface area contributed by atoms with E-state index in [0.717, 1.165) is 47.1 Å². The van der Waals surface area contributed by atoms with Crippen LogP contribution in [0.1, 0.15) is 21.6 Å². The molecule has 0 radical (unpaired) electrons. The molecule has 0 spiro atoms. The molecule has 0 bridgehead atoms. The summed E-state index contributed by atoms with van der Waals surface area (Å²) in [6.07, 6.45) is 1.53. The molecular weight excluding hydrogens is 425 g/mol. The zero-order valence-corrected chi connectivity index (χ0v) is 18.4. The van der Waals surface area contributed by atoms with Crippen molar-refractivity contribution in [2.24, 2.45) is 0 Å². The quantitative estimate of drug-likeness (QED) is 0.466. The maximum atomic E-state index is 14.5. The number of piperazine rings is 1. The number of nitrogens with zero attached hydrogens (tertiary/aromatic N) is 3. The Morgan fingerprint density at radius 2 is 1.97 bits per heavy atom. The number of amides is 1. The van der Waals surface area contributed by atoms with Crippen molar-refractivity contribution in [2.45, 2.75) is 13.5 Å².